The van der Waals surface area contributed by atoms with Gasteiger partial charge in [0, 0.05) is 18.0 Å². The van der Waals surface area contributed by atoms with Crippen molar-refractivity contribution in [3.05, 3.63) is 10.6 Å². The average Bonchev–Trinajstić information content (AvgIpc) is 3.14. The van der Waals surface area contributed by atoms with Crippen molar-refractivity contribution in [3.63, 3.8) is 0 Å². The van der Waals surface area contributed by atoms with Gasteiger partial charge in [0.25, 0.3) is 0 Å². The van der Waals surface area contributed by atoms with Crippen molar-refractivity contribution in [3.8, 4) is 0 Å². The molecule has 5 heteroatoms. The molecule has 4 nitrogen and oxygen atoms in total. The number of carbonyl (C=O) groups is 1. The topological polar surface area (TPSA) is 42.4 Å². The molecule has 110 valence electrons. The Balaban J connectivity index is 1.77. The summed E-state index contributed by atoms with van der Waals surface area (Å²) in [7, 11) is 2.14. The van der Waals surface area contributed by atoms with Crippen LogP contribution in [0.25, 0.3) is 0 Å². The van der Waals surface area contributed by atoms with Gasteiger partial charge in [0.1, 0.15) is 5.92 Å². The van der Waals surface area contributed by atoms with Crippen molar-refractivity contribution < 1.29 is 9.53 Å². The van der Waals surface area contributed by atoms with Crippen molar-refractivity contribution in [1.29, 1.82) is 0 Å². The highest BCUT2D eigenvalue weighted by Gasteiger charge is 2.34. The average molecular weight is 294 g/mol. The number of aryl methyl sites for hydroxylation is 1. The number of fused-ring (bicyclic) bond motifs is 1. The van der Waals surface area contributed by atoms with Crippen molar-refractivity contribution in [2.24, 2.45) is 0 Å². The van der Waals surface area contributed by atoms with Crippen LogP contribution in [0.2, 0.25) is 0 Å². The van der Waals surface area contributed by atoms with Crippen LogP contribution in [0.1, 0.15) is 55.5 Å². The summed E-state index contributed by atoms with van der Waals surface area (Å²) in [6.07, 6.45) is 7.01. The SMILES string of the molecule is CCOC(=O)C1CCc2sc(N(C)C3CCCC3)nc21. The first-order valence-corrected chi connectivity index (χ1v) is 8.41. The molecule has 3 rings (SSSR count). The lowest BCUT2D eigenvalue weighted by Crippen LogP contribution is -2.28. The molecule has 0 spiro atoms. The second-order valence-electron chi connectivity index (χ2n) is 5.70. The summed E-state index contributed by atoms with van der Waals surface area (Å²) < 4.78 is 5.16. The Bertz CT molecular complexity index is 494. The van der Waals surface area contributed by atoms with Crippen LogP contribution in [-0.4, -0.2) is 30.6 Å². The summed E-state index contributed by atoms with van der Waals surface area (Å²) in [5.74, 6) is -0.237. The summed E-state index contributed by atoms with van der Waals surface area (Å²) in [6.45, 7) is 2.30. The van der Waals surface area contributed by atoms with Gasteiger partial charge in [0.2, 0.25) is 0 Å². The number of aromatic nitrogens is 1. The third kappa shape index (κ3) is 2.43. The Hall–Kier alpha value is -1.10. The molecule has 1 fully saturated rings. The molecule has 1 aromatic heterocycles. The van der Waals surface area contributed by atoms with E-state index >= 15 is 0 Å². The van der Waals surface area contributed by atoms with Crippen LogP contribution < -0.4 is 4.90 Å². The van der Waals surface area contributed by atoms with Gasteiger partial charge in [-0.15, -0.1) is 11.3 Å². The molecule has 1 atom stereocenters. The van der Waals surface area contributed by atoms with Crippen LogP contribution in [0.3, 0.4) is 0 Å². The second kappa shape index (κ2) is 5.72. The zero-order valence-corrected chi connectivity index (χ0v) is 13.0. The van der Waals surface area contributed by atoms with Gasteiger partial charge in [-0.2, -0.15) is 0 Å². The molecule has 0 aliphatic heterocycles. The highest BCUT2D eigenvalue weighted by atomic mass is 32.1. The van der Waals surface area contributed by atoms with Gasteiger partial charge in [-0.1, -0.05) is 12.8 Å². The zero-order chi connectivity index (χ0) is 14.1. The summed E-state index contributed by atoms with van der Waals surface area (Å²) in [5, 5.41) is 1.08. The third-order valence-electron chi connectivity index (χ3n) is 4.45. The molecule has 2 aliphatic rings. The lowest BCUT2D eigenvalue weighted by atomic mass is 10.1. The lowest BCUT2D eigenvalue weighted by Gasteiger charge is -2.23. The summed E-state index contributed by atoms with van der Waals surface area (Å²) in [6, 6.07) is 0.627. The van der Waals surface area contributed by atoms with Gasteiger partial charge in [0.05, 0.1) is 12.3 Å². The van der Waals surface area contributed by atoms with E-state index in [1.807, 2.05) is 6.92 Å². The summed E-state index contributed by atoms with van der Waals surface area (Å²) >= 11 is 1.76. The molecular formula is C15H22N2O2S. The minimum atomic E-state index is -0.132. The van der Waals surface area contributed by atoms with Gasteiger partial charge < -0.3 is 9.64 Å². The van der Waals surface area contributed by atoms with Crippen LogP contribution in [0.15, 0.2) is 0 Å². The maximum Gasteiger partial charge on any atom is 0.315 e. The van der Waals surface area contributed by atoms with Crippen LogP contribution in [0.5, 0.6) is 0 Å². The first-order valence-electron chi connectivity index (χ1n) is 7.59. The fraction of sp³-hybridized carbons (Fsp3) is 0.733. The number of rotatable bonds is 4. The Morgan fingerprint density at radius 1 is 1.40 bits per heavy atom. The molecule has 0 aromatic carbocycles. The molecule has 0 amide bonds. The highest BCUT2D eigenvalue weighted by molar-refractivity contribution is 7.15. The molecule has 0 N–H and O–H groups in total. The van der Waals surface area contributed by atoms with Crippen molar-refractivity contribution in [1.82, 2.24) is 4.98 Å². The minimum Gasteiger partial charge on any atom is -0.465 e. The Morgan fingerprint density at radius 2 is 2.15 bits per heavy atom. The molecule has 1 saturated carbocycles. The molecule has 20 heavy (non-hydrogen) atoms. The Kier molecular flexibility index (Phi) is 3.96. The summed E-state index contributed by atoms with van der Waals surface area (Å²) in [4.78, 5) is 20.3. The molecular weight excluding hydrogens is 272 g/mol. The molecule has 0 saturated heterocycles. The molecule has 2 aliphatic carbocycles. The first-order chi connectivity index (χ1) is 9.70. The van der Waals surface area contributed by atoms with E-state index in [1.165, 1.54) is 30.6 Å². The molecule has 1 unspecified atom stereocenters. The van der Waals surface area contributed by atoms with Gasteiger partial charge in [-0.3, -0.25) is 4.79 Å². The molecule has 0 radical (unpaired) electrons. The van der Waals surface area contributed by atoms with E-state index in [9.17, 15) is 4.79 Å². The number of carbonyl (C=O) groups excluding carboxylic acids is 1. The van der Waals surface area contributed by atoms with Gasteiger partial charge in [-0.05, 0) is 32.6 Å². The van der Waals surface area contributed by atoms with E-state index in [2.05, 4.69) is 11.9 Å². The van der Waals surface area contributed by atoms with Gasteiger partial charge in [0.15, 0.2) is 5.13 Å². The fourth-order valence-corrected chi connectivity index (χ4v) is 4.45. The quantitative estimate of drug-likeness (QED) is 0.800. The number of esters is 1. The van der Waals surface area contributed by atoms with E-state index in [-0.39, 0.29) is 11.9 Å². The zero-order valence-electron chi connectivity index (χ0n) is 12.2. The maximum absolute atomic E-state index is 12.0. The van der Waals surface area contributed by atoms with E-state index in [4.69, 9.17) is 9.72 Å². The maximum atomic E-state index is 12.0. The van der Waals surface area contributed by atoms with E-state index in [1.54, 1.807) is 11.3 Å². The van der Waals surface area contributed by atoms with Crippen molar-refractivity contribution in [2.45, 2.75) is 57.4 Å². The van der Waals surface area contributed by atoms with E-state index in [0.717, 1.165) is 23.7 Å². The summed E-state index contributed by atoms with van der Waals surface area (Å²) in [5.41, 5.74) is 0.980. The van der Waals surface area contributed by atoms with Crippen LogP contribution in [0, 0.1) is 0 Å². The standard InChI is InChI=1S/C15H22N2O2S/c1-3-19-14(18)11-8-9-12-13(11)16-15(20-12)17(2)10-6-4-5-7-10/h10-11H,3-9H2,1-2H3. The number of ether oxygens (including phenoxy) is 1. The Morgan fingerprint density at radius 3 is 2.85 bits per heavy atom. The van der Waals surface area contributed by atoms with Crippen LogP contribution in [-0.2, 0) is 16.0 Å². The van der Waals surface area contributed by atoms with Crippen LogP contribution in [0.4, 0.5) is 5.13 Å². The van der Waals surface area contributed by atoms with Gasteiger partial charge >= 0.3 is 5.97 Å². The Labute approximate surface area is 124 Å². The normalized spacial score (nSPS) is 22.0. The highest BCUT2D eigenvalue weighted by Crippen LogP contribution is 2.41. The molecule has 1 aromatic rings. The number of hydrogen-bond donors (Lipinski definition) is 0. The number of anilines is 1. The first kappa shape index (κ1) is 13.9. The minimum absolute atomic E-state index is 0.105. The molecule has 1 heterocycles. The molecule has 0 bridgehead atoms. The third-order valence-corrected chi connectivity index (χ3v) is 5.67. The van der Waals surface area contributed by atoms with E-state index in [0.29, 0.717) is 12.6 Å². The number of nitrogens with zero attached hydrogens (tertiary/aromatic N) is 2. The lowest BCUT2D eigenvalue weighted by molar-refractivity contribution is -0.145. The van der Waals surface area contributed by atoms with Crippen molar-refractivity contribution in [2.75, 3.05) is 18.6 Å². The van der Waals surface area contributed by atoms with Crippen molar-refractivity contribution >= 4 is 22.4 Å². The smallest absolute Gasteiger partial charge is 0.315 e. The van der Waals surface area contributed by atoms with Gasteiger partial charge in [-0.25, -0.2) is 4.98 Å². The van der Waals surface area contributed by atoms with Crippen LogP contribution >= 0.6 is 11.3 Å². The second-order valence-corrected chi connectivity index (χ2v) is 6.76. The number of hydrogen-bond acceptors (Lipinski definition) is 5. The largest absolute Gasteiger partial charge is 0.465 e. The number of thiazole rings is 1. The predicted octanol–water partition coefficient (Wildman–Crippen LogP) is 3.11. The fourth-order valence-electron chi connectivity index (χ4n) is 3.29. The van der Waals surface area contributed by atoms with E-state index < -0.39 is 0 Å². The predicted molar refractivity (Wildman–Crippen MR) is 80.5 cm³/mol. The monoisotopic (exact) mass is 294 g/mol.